The molecule has 1 aliphatic rings. The SMILES string of the molecule is CC[C@H](C)NC(=O)c1ccc(Cn2nc(C)c(S(=O)(=O)N3CCCCCC3)c2C)cc1. The van der Waals surface area contributed by atoms with Gasteiger partial charge in [0, 0.05) is 24.7 Å². The van der Waals surface area contributed by atoms with E-state index in [9.17, 15) is 13.2 Å². The number of hydrogen-bond donors (Lipinski definition) is 1. The van der Waals surface area contributed by atoms with Crippen molar-refractivity contribution in [2.24, 2.45) is 0 Å². The van der Waals surface area contributed by atoms with Gasteiger partial charge in [0.2, 0.25) is 10.0 Å². The molecule has 1 aromatic heterocycles. The molecule has 2 aromatic rings. The predicted molar refractivity (Wildman–Crippen MR) is 122 cm³/mol. The summed E-state index contributed by atoms with van der Waals surface area (Å²) in [7, 11) is -3.55. The third kappa shape index (κ3) is 5.36. The Balaban J connectivity index is 1.78. The molecule has 1 aliphatic heterocycles. The van der Waals surface area contributed by atoms with E-state index in [0.29, 0.717) is 41.5 Å². The highest BCUT2D eigenvalue weighted by molar-refractivity contribution is 7.89. The fourth-order valence-corrected chi connectivity index (χ4v) is 5.85. The van der Waals surface area contributed by atoms with Crippen LogP contribution >= 0.6 is 0 Å². The van der Waals surface area contributed by atoms with E-state index in [1.807, 2.05) is 32.9 Å². The molecule has 1 atom stereocenters. The lowest BCUT2D eigenvalue weighted by atomic mass is 10.1. The Morgan fingerprint density at radius 1 is 1.10 bits per heavy atom. The van der Waals surface area contributed by atoms with Crippen molar-refractivity contribution in [3.05, 3.63) is 46.8 Å². The number of carbonyl (C=O) groups excluding carboxylic acids is 1. The summed E-state index contributed by atoms with van der Waals surface area (Å²) in [6.45, 7) is 9.19. The molecule has 1 N–H and O–H groups in total. The summed E-state index contributed by atoms with van der Waals surface area (Å²) in [5.41, 5.74) is 2.76. The second-order valence-electron chi connectivity index (χ2n) is 8.46. The van der Waals surface area contributed by atoms with Crippen LogP contribution in [0.1, 0.15) is 73.3 Å². The summed E-state index contributed by atoms with van der Waals surface area (Å²) in [5.74, 6) is -0.0853. The molecule has 0 bridgehead atoms. The van der Waals surface area contributed by atoms with Crippen molar-refractivity contribution in [1.82, 2.24) is 19.4 Å². The number of hydrogen-bond acceptors (Lipinski definition) is 4. The molecule has 0 saturated carbocycles. The lowest BCUT2D eigenvalue weighted by Gasteiger charge is -2.20. The molecule has 1 aromatic carbocycles. The Kier molecular flexibility index (Phi) is 7.54. The number of rotatable bonds is 7. The number of aromatic nitrogens is 2. The van der Waals surface area contributed by atoms with E-state index in [1.165, 1.54) is 0 Å². The van der Waals surface area contributed by atoms with E-state index >= 15 is 0 Å². The van der Waals surface area contributed by atoms with Gasteiger partial charge in [-0.2, -0.15) is 9.40 Å². The molecule has 170 valence electrons. The minimum Gasteiger partial charge on any atom is -0.350 e. The summed E-state index contributed by atoms with van der Waals surface area (Å²) in [6, 6.07) is 7.52. The van der Waals surface area contributed by atoms with Gasteiger partial charge < -0.3 is 5.32 Å². The standard InChI is InChI=1S/C23H34N4O3S/c1-5-17(2)24-23(28)21-12-10-20(11-13-21)16-27-19(4)22(18(3)25-27)31(29,30)26-14-8-6-7-9-15-26/h10-13,17H,5-9,14-16H2,1-4H3,(H,24,28)/t17-/m0/s1. The number of benzene rings is 1. The third-order valence-electron chi connectivity index (χ3n) is 6.02. The van der Waals surface area contributed by atoms with E-state index in [1.54, 1.807) is 28.0 Å². The Hall–Kier alpha value is -2.19. The van der Waals surface area contributed by atoms with Crippen LogP contribution in [0.3, 0.4) is 0 Å². The fourth-order valence-electron chi connectivity index (χ4n) is 3.96. The molecule has 8 heteroatoms. The van der Waals surface area contributed by atoms with Gasteiger partial charge in [-0.3, -0.25) is 9.48 Å². The van der Waals surface area contributed by atoms with E-state index in [2.05, 4.69) is 10.4 Å². The molecular formula is C23H34N4O3S. The normalized spacial score (nSPS) is 16.6. The van der Waals surface area contributed by atoms with Crippen LogP contribution in [-0.4, -0.2) is 47.5 Å². The van der Waals surface area contributed by atoms with Crippen LogP contribution in [-0.2, 0) is 16.6 Å². The topological polar surface area (TPSA) is 84.3 Å². The maximum Gasteiger partial charge on any atom is 0.251 e. The number of aryl methyl sites for hydroxylation is 1. The first kappa shape index (κ1) is 23.5. The maximum absolute atomic E-state index is 13.3. The summed E-state index contributed by atoms with van der Waals surface area (Å²) in [5, 5.41) is 7.49. The van der Waals surface area contributed by atoms with Crippen molar-refractivity contribution in [2.45, 2.75) is 77.3 Å². The predicted octanol–water partition coefficient (Wildman–Crippen LogP) is 3.64. The molecule has 31 heavy (non-hydrogen) atoms. The highest BCUT2D eigenvalue weighted by Crippen LogP contribution is 2.26. The van der Waals surface area contributed by atoms with Gasteiger partial charge >= 0.3 is 0 Å². The van der Waals surface area contributed by atoms with Crippen LogP contribution < -0.4 is 5.32 Å². The second kappa shape index (κ2) is 9.96. The molecule has 1 amide bonds. The first-order valence-electron chi connectivity index (χ1n) is 11.2. The molecule has 1 fully saturated rings. The minimum atomic E-state index is -3.55. The van der Waals surface area contributed by atoms with Gasteiger partial charge in [-0.15, -0.1) is 0 Å². The van der Waals surface area contributed by atoms with Gasteiger partial charge in [0.25, 0.3) is 5.91 Å². The highest BCUT2D eigenvalue weighted by Gasteiger charge is 2.31. The van der Waals surface area contributed by atoms with Crippen molar-refractivity contribution < 1.29 is 13.2 Å². The lowest BCUT2D eigenvalue weighted by molar-refractivity contribution is 0.0939. The number of nitrogens with one attached hydrogen (secondary N) is 1. The average molecular weight is 447 g/mol. The van der Waals surface area contributed by atoms with Crippen molar-refractivity contribution in [2.75, 3.05) is 13.1 Å². The molecule has 0 radical (unpaired) electrons. The van der Waals surface area contributed by atoms with Gasteiger partial charge in [-0.1, -0.05) is 31.9 Å². The summed E-state index contributed by atoms with van der Waals surface area (Å²) >= 11 is 0. The van der Waals surface area contributed by atoms with Gasteiger partial charge in [0.15, 0.2) is 0 Å². The first-order valence-corrected chi connectivity index (χ1v) is 12.6. The largest absolute Gasteiger partial charge is 0.350 e. The average Bonchev–Trinajstić information content (AvgIpc) is 2.93. The van der Waals surface area contributed by atoms with E-state index in [0.717, 1.165) is 37.7 Å². The van der Waals surface area contributed by atoms with E-state index in [-0.39, 0.29) is 11.9 Å². The summed E-state index contributed by atoms with van der Waals surface area (Å²) in [6.07, 6.45) is 4.85. The molecule has 2 heterocycles. The molecule has 0 aliphatic carbocycles. The maximum atomic E-state index is 13.3. The van der Waals surface area contributed by atoms with Crippen molar-refractivity contribution in [3.8, 4) is 0 Å². The second-order valence-corrected chi connectivity index (χ2v) is 10.3. The van der Waals surface area contributed by atoms with E-state index < -0.39 is 10.0 Å². The zero-order valence-electron chi connectivity index (χ0n) is 19.0. The Labute approximate surface area is 185 Å². The van der Waals surface area contributed by atoms with Crippen LogP contribution in [0, 0.1) is 13.8 Å². The van der Waals surface area contributed by atoms with Crippen LogP contribution in [0.15, 0.2) is 29.2 Å². The highest BCUT2D eigenvalue weighted by atomic mass is 32.2. The monoisotopic (exact) mass is 446 g/mol. The Morgan fingerprint density at radius 2 is 1.71 bits per heavy atom. The Bertz CT molecular complexity index is 1000. The van der Waals surface area contributed by atoms with Gasteiger partial charge in [0.05, 0.1) is 17.9 Å². The van der Waals surface area contributed by atoms with Crippen molar-refractivity contribution >= 4 is 15.9 Å². The lowest BCUT2D eigenvalue weighted by Crippen LogP contribution is -2.32. The molecule has 0 unspecified atom stereocenters. The van der Waals surface area contributed by atoms with E-state index in [4.69, 9.17) is 0 Å². The quantitative estimate of drug-likeness (QED) is 0.704. The van der Waals surface area contributed by atoms with Gasteiger partial charge in [-0.05, 0) is 57.7 Å². The zero-order chi connectivity index (χ0) is 22.6. The Morgan fingerprint density at radius 3 is 2.29 bits per heavy atom. The van der Waals surface area contributed by atoms with Crippen LogP contribution in [0.25, 0.3) is 0 Å². The third-order valence-corrected chi connectivity index (χ3v) is 8.17. The van der Waals surface area contributed by atoms with Crippen LogP contribution in [0.5, 0.6) is 0 Å². The molecule has 0 spiro atoms. The summed E-state index contributed by atoms with van der Waals surface area (Å²) in [4.78, 5) is 12.6. The number of nitrogens with zero attached hydrogens (tertiary/aromatic N) is 3. The van der Waals surface area contributed by atoms with Crippen molar-refractivity contribution in [1.29, 1.82) is 0 Å². The summed E-state index contributed by atoms with van der Waals surface area (Å²) < 4.78 is 30.0. The number of carbonyl (C=O) groups is 1. The van der Waals surface area contributed by atoms with Crippen molar-refractivity contribution in [3.63, 3.8) is 0 Å². The molecule has 3 rings (SSSR count). The number of sulfonamides is 1. The smallest absolute Gasteiger partial charge is 0.251 e. The van der Waals surface area contributed by atoms with Crippen LogP contribution in [0.4, 0.5) is 0 Å². The first-order chi connectivity index (χ1) is 14.7. The number of amides is 1. The fraction of sp³-hybridized carbons (Fsp3) is 0.565. The van der Waals surface area contributed by atoms with Crippen LogP contribution in [0.2, 0.25) is 0 Å². The zero-order valence-corrected chi connectivity index (χ0v) is 19.8. The molecule has 1 saturated heterocycles. The van der Waals surface area contributed by atoms with Gasteiger partial charge in [-0.25, -0.2) is 8.42 Å². The molecular weight excluding hydrogens is 412 g/mol. The van der Waals surface area contributed by atoms with Gasteiger partial charge in [0.1, 0.15) is 4.90 Å². The molecule has 7 nitrogen and oxygen atoms in total. The minimum absolute atomic E-state index is 0.0853.